The molecule has 0 aromatic carbocycles. The molecule has 0 unspecified atom stereocenters. The lowest BCUT2D eigenvalue weighted by atomic mass is 10.2. The van der Waals surface area contributed by atoms with Crippen LogP contribution in [0, 0.1) is 0 Å². The van der Waals surface area contributed by atoms with Crippen molar-refractivity contribution in [1.29, 1.82) is 0 Å². The average Bonchev–Trinajstić information content (AvgIpc) is 2.80. The van der Waals surface area contributed by atoms with Gasteiger partial charge in [0, 0.05) is 38.7 Å². The number of carbonyl (C=O) groups is 1. The number of carbonyl (C=O) groups excluding carboxylic acids is 1. The van der Waals surface area contributed by atoms with Crippen molar-refractivity contribution in [3.05, 3.63) is 48.0 Å². The minimum absolute atomic E-state index is 0.0213. The topological polar surface area (TPSA) is 64.2 Å². The van der Waals surface area contributed by atoms with E-state index in [0.717, 1.165) is 18.5 Å². The molecule has 2 rings (SSSR count). The van der Waals surface area contributed by atoms with Crippen LogP contribution in [0.1, 0.15) is 29.4 Å². The molecule has 2 aromatic heterocycles. The van der Waals surface area contributed by atoms with Crippen molar-refractivity contribution in [3.8, 4) is 0 Å². The highest BCUT2D eigenvalue weighted by Gasteiger charge is 2.17. The van der Waals surface area contributed by atoms with E-state index in [9.17, 15) is 4.79 Å². The summed E-state index contributed by atoms with van der Waals surface area (Å²) in [6, 6.07) is 5.55. The zero-order chi connectivity index (χ0) is 14.5. The first-order chi connectivity index (χ1) is 9.61. The Morgan fingerprint density at radius 2 is 2.10 bits per heavy atom. The van der Waals surface area contributed by atoms with Crippen LogP contribution in [-0.2, 0) is 13.1 Å². The van der Waals surface area contributed by atoms with E-state index in [2.05, 4.69) is 11.9 Å². The van der Waals surface area contributed by atoms with Gasteiger partial charge in [-0.1, -0.05) is 6.92 Å². The zero-order valence-corrected chi connectivity index (χ0v) is 11.9. The van der Waals surface area contributed by atoms with E-state index in [4.69, 9.17) is 5.73 Å². The lowest BCUT2D eigenvalue weighted by Gasteiger charge is -2.18. The van der Waals surface area contributed by atoms with Gasteiger partial charge < -0.3 is 15.2 Å². The molecule has 1 amide bonds. The molecule has 2 N–H and O–H groups in total. The van der Waals surface area contributed by atoms with Gasteiger partial charge >= 0.3 is 0 Å². The molecule has 0 spiro atoms. The summed E-state index contributed by atoms with van der Waals surface area (Å²) in [7, 11) is 1.79. The molecule has 5 nitrogen and oxygen atoms in total. The van der Waals surface area contributed by atoms with Crippen LogP contribution >= 0.6 is 0 Å². The standard InChI is InChI=1S/C15H20N4O/c1-3-8-19-11-13(16)9-14(19)15(20)18(2)10-12-4-6-17-7-5-12/h4-7,9,11H,3,8,10,16H2,1-2H3. The summed E-state index contributed by atoms with van der Waals surface area (Å²) in [6.45, 7) is 3.42. The minimum atomic E-state index is -0.0213. The maximum atomic E-state index is 12.5. The van der Waals surface area contributed by atoms with Gasteiger partial charge in [0.1, 0.15) is 5.69 Å². The summed E-state index contributed by atoms with van der Waals surface area (Å²) in [5, 5.41) is 0. The second kappa shape index (κ2) is 6.23. The average molecular weight is 272 g/mol. The highest BCUT2D eigenvalue weighted by molar-refractivity contribution is 5.93. The number of hydrogen-bond donors (Lipinski definition) is 1. The highest BCUT2D eigenvalue weighted by atomic mass is 16.2. The van der Waals surface area contributed by atoms with E-state index < -0.39 is 0 Å². The molecule has 20 heavy (non-hydrogen) atoms. The maximum Gasteiger partial charge on any atom is 0.270 e. The fourth-order valence-electron chi connectivity index (χ4n) is 2.17. The van der Waals surface area contributed by atoms with E-state index in [1.54, 1.807) is 30.4 Å². The van der Waals surface area contributed by atoms with Crippen molar-refractivity contribution in [2.75, 3.05) is 12.8 Å². The monoisotopic (exact) mass is 272 g/mol. The molecule has 0 bridgehead atoms. The van der Waals surface area contributed by atoms with Crippen LogP contribution in [0.4, 0.5) is 5.69 Å². The predicted molar refractivity (Wildman–Crippen MR) is 79.2 cm³/mol. The summed E-state index contributed by atoms with van der Waals surface area (Å²) in [6.07, 6.45) is 6.23. The van der Waals surface area contributed by atoms with Crippen molar-refractivity contribution in [1.82, 2.24) is 14.5 Å². The summed E-state index contributed by atoms with van der Waals surface area (Å²) >= 11 is 0. The number of aryl methyl sites for hydroxylation is 1. The first-order valence-electron chi connectivity index (χ1n) is 6.71. The lowest BCUT2D eigenvalue weighted by molar-refractivity contribution is 0.0774. The first-order valence-corrected chi connectivity index (χ1v) is 6.71. The fraction of sp³-hybridized carbons (Fsp3) is 0.333. The fourth-order valence-corrected chi connectivity index (χ4v) is 2.17. The number of nitrogen functional groups attached to an aromatic ring is 1. The number of pyridine rings is 1. The highest BCUT2D eigenvalue weighted by Crippen LogP contribution is 2.14. The normalized spacial score (nSPS) is 10.5. The van der Waals surface area contributed by atoms with E-state index >= 15 is 0 Å². The Kier molecular flexibility index (Phi) is 4.40. The van der Waals surface area contributed by atoms with Crippen LogP contribution in [0.25, 0.3) is 0 Å². The molecule has 0 radical (unpaired) electrons. The number of nitrogens with two attached hydrogens (primary N) is 1. The number of amides is 1. The van der Waals surface area contributed by atoms with Crippen LogP contribution in [-0.4, -0.2) is 27.4 Å². The quantitative estimate of drug-likeness (QED) is 0.907. The Morgan fingerprint density at radius 1 is 1.40 bits per heavy atom. The van der Waals surface area contributed by atoms with Gasteiger partial charge in [0.25, 0.3) is 5.91 Å². The molecule has 106 valence electrons. The largest absolute Gasteiger partial charge is 0.397 e. The van der Waals surface area contributed by atoms with Gasteiger partial charge in [-0.05, 0) is 30.2 Å². The molecule has 0 aliphatic carbocycles. The number of aromatic nitrogens is 2. The van der Waals surface area contributed by atoms with Crippen molar-refractivity contribution >= 4 is 11.6 Å². The Bertz CT molecular complexity index is 577. The van der Waals surface area contributed by atoms with E-state index in [1.165, 1.54) is 0 Å². The van der Waals surface area contributed by atoms with Gasteiger partial charge in [0.15, 0.2) is 0 Å². The lowest BCUT2D eigenvalue weighted by Crippen LogP contribution is -2.28. The van der Waals surface area contributed by atoms with E-state index in [-0.39, 0.29) is 5.91 Å². The molecular weight excluding hydrogens is 252 g/mol. The van der Waals surface area contributed by atoms with Crippen LogP contribution in [0.2, 0.25) is 0 Å². The van der Waals surface area contributed by atoms with Crippen LogP contribution in [0.5, 0.6) is 0 Å². The summed E-state index contributed by atoms with van der Waals surface area (Å²) < 4.78 is 1.92. The Balaban J connectivity index is 2.14. The molecule has 0 aliphatic rings. The van der Waals surface area contributed by atoms with Gasteiger partial charge in [0.2, 0.25) is 0 Å². The van der Waals surface area contributed by atoms with Gasteiger partial charge in [-0.15, -0.1) is 0 Å². The second-order valence-corrected chi connectivity index (χ2v) is 4.87. The maximum absolute atomic E-state index is 12.5. The third-order valence-electron chi connectivity index (χ3n) is 3.12. The van der Waals surface area contributed by atoms with Crippen molar-refractivity contribution in [2.24, 2.45) is 0 Å². The Morgan fingerprint density at radius 3 is 2.75 bits per heavy atom. The third-order valence-corrected chi connectivity index (χ3v) is 3.12. The second-order valence-electron chi connectivity index (χ2n) is 4.87. The SMILES string of the molecule is CCCn1cc(N)cc1C(=O)N(C)Cc1ccncc1. The molecule has 0 saturated carbocycles. The smallest absolute Gasteiger partial charge is 0.270 e. The predicted octanol–water partition coefficient (Wildman–Crippen LogP) is 2.15. The molecule has 0 aliphatic heterocycles. The molecular formula is C15H20N4O. The van der Waals surface area contributed by atoms with Crippen molar-refractivity contribution < 1.29 is 4.79 Å². The van der Waals surface area contributed by atoms with E-state index in [1.807, 2.05) is 22.9 Å². The van der Waals surface area contributed by atoms with Gasteiger partial charge in [-0.2, -0.15) is 0 Å². The third kappa shape index (κ3) is 3.17. The molecule has 0 fully saturated rings. The number of nitrogens with zero attached hydrogens (tertiary/aromatic N) is 3. The molecule has 0 saturated heterocycles. The number of anilines is 1. The van der Waals surface area contributed by atoms with Crippen molar-refractivity contribution in [2.45, 2.75) is 26.4 Å². The minimum Gasteiger partial charge on any atom is -0.397 e. The zero-order valence-electron chi connectivity index (χ0n) is 11.9. The number of hydrogen-bond acceptors (Lipinski definition) is 3. The Hall–Kier alpha value is -2.30. The van der Waals surface area contributed by atoms with Crippen LogP contribution < -0.4 is 5.73 Å². The van der Waals surface area contributed by atoms with Gasteiger partial charge in [-0.3, -0.25) is 9.78 Å². The van der Waals surface area contributed by atoms with Gasteiger partial charge in [-0.25, -0.2) is 0 Å². The summed E-state index contributed by atoms with van der Waals surface area (Å²) in [5.74, 6) is -0.0213. The van der Waals surface area contributed by atoms with Crippen LogP contribution in [0.15, 0.2) is 36.8 Å². The van der Waals surface area contributed by atoms with Gasteiger partial charge in [0.05, 0.1) is 5.69 Å². The Labute approximate surface area is 119 Å². The number of rotatable bonds is 5. The first kappa shape index (κ1) is 14.1. The van der Waals surface area contributed by atoms with Crippen LogP contribution in [0.3, 0.4) is 0 Å². The molecule has 2 aromatic rings. The summed E-state index contributed by atoms with van der Waals surface area (Å²) in [4.78, 5) is 18.2. The van der Waals surface area contributed by atoms with E-state index in [0.29, 0.717) is 17.9 Å². The molecule has 0 atom stereocenters. The molecule has 2 heterocycles. The summed E-state index contributed by atoms with van der Waals surface area (Å²) in [5.41, 5.74) is 8.12. The molecule has 5 heteroatoms. The van der Waals surface area contributed by atoms with Crippen molar-refractivity contribution in [3.63, 3.8) is 0 Å².